The van der Waals surface area contributed by atoms with Gasteiger partial charge in [-0.1, -0.05) is 19.9 Å². The lowest BCUT2D eigenvalue weighted by atomic mass is 9.85. The van der Waals surface area contributed by atoms with E-state index in [9.17, 15) is 14.4 Å². The van der Waals surface area contributed by atoms with Crippen molar-refractivity contribution in [1.82, 2.24) is 19.7 Å². The molecule has 152 valence electrons. The molecule has 0 bridgehead atoms. The highest BCUT2D eigenvalue weighted by atomic mass is 16.3. The molecule has 2 fully saturated rings. The van der Waals surface area contributed by atoms with Crippen LogP contribution in [0.5, 0.6) is 0 Å². The van der Waals surface area contributed by atoms with Crippen molar-refractivity contribution >= 4 is 17.8 Å². The first kappa shape index (κ1) is 20.3. The third kappa shape index (κ3) is 3.61. The number of aliphatic hydroxyl groups excluding tert-OH is 1. The molecule has 0 unspecified atom stereocenters. The Morgan fingerprint density at radius 3 is 2.54 bits per heavy atom. The van der Waals surface area contributed by atoms with Crippen molar-refractivity contribution in [3.63, 3.8) is 0 Å². The number of piperidine rings is 1. The van der Waals surface area contributed by atoms with Gasteiger partial charge in [-0.15, -0.1) is 0 Å². The predicted molar refractivity (Wildman–Crippen MR) is 102 cm³/mol. The van der Waals surface area contributed by atoms with Gasteiger partial charge in [0, 0.05) is 39.0 Å². The fraction of sp³-hybridized carbons (Fsp3) is 0.600. The molecule has 0 saturated carbocycles. The van der Waals surface area contributed by atoms with Gasteiger partial charge >= 0.3 is 6.03 Å². The Labute approximate surface area is 165 Å². The molecule has 0 atom stereocenters. The van der Waals surface area contributed by atoms with E-state index in [1.165, 1.54) is 4.90 Å². The molecule has 3 rings (SSSR count). The first-order valence-electron chi connectivity index (χ1n) is 9.85. The summed E-state index contributed by atoms with van der Waals surface area (Å²) in [5.41, 5.74) is -0.506. The van der Waals surface area contributed by atoms with E-state index in [4.69, 9.17) is 5.11 Å². The summed E-state index contributed by atoms with van der Waals surface area (Å²) in [6, 6.07) is 4.93. The van der Waals surface area contributed by atoms with Crippen LogP contribution in [0.25, 0.3) is 0 Å². The van der Waals surface area contributed by atoms with Gasteiger partial charge in [-0.05, 0) is 37.3 Å². The second-order valence-corrected chi connectivity index (χ2v) is 7.86. The van der Waals surface area contributed by atoms with Gasteiger partial charge in [-0.25, -0.2) is 4.79 Å². The first-order chi connectivity index (χ1) is 13.4. The molecule has 0 aliphatic carbocycles. The molecule has 4 amide bonds. The topological polar surface area (TPSA) is 94.0 Å². The molecule has 3 heterocycles. The molecule has 1 aromatic rings. The van der Waals surface area contributed by atoms with E-state index in [-0.39, 0.29) is 36.9 Å². The number of carbonyl (C=O) groups is 3. The predicted octanol–water partition coefficient (Wildman–Crippen LogP) is 1.36. The number of urea groups is 1. The number of rotatable bonds is 6. The molecule has 1 spiro atoms. The highest BCUT2D eigenvalue weighted by Gasteiger charge is 2.57. The summed E-state index contributed by atoms with van der Waals surface area (Å²) in [4.78, 5) is 47.6. The summed E-state index contributed by atoms with van der Waals surface area (Å²) in [5, 5.41) is 9.10. The molecular formula is C20H28N4O4. The number of imide groups is 1. The Kier molecular flexibility index (Phi) is 5.98. The maximum Gasteiger partial charge on any atom is 0.327 e. The number of hydrogen-bond acceptors (Lipinski definition) is 5. The summed E-state index contributed by atoms with van der Waals surface area (Å²) in [5.74, 6) is -0.129. The third-order valence-electron chi connectivity index (χ3n) is 5.47. The van der Waals surface area contributed by atoms with E-state index >= 15 is 0 Å². The van der Waals surface area contributed by atoms with E-state index < -0.39 is 5.54 Å². The molecule has 8 heteroatoms. The number of pyridine rings is 1. The van der Waals surface area contributed by atoms with Crippen molar-refractivity contribution in [1.29, 1.82) is 0 Å². The van der Waals surface area contributed by atoms with Crippen molar-refractivity contribution in [2.75, 3.05) is 32.8 Å². The highest BCUT2D eigenvalue weighted by Crippen LogP contribution is 2.38. The largest absolute Gasteiger partial charge is 0.396 e. The van der Waals surface area contributed by atoms with Crippen molar-refractivity contribution < 1.29 is 19.5 Å². The van der Waals surface area contributed by atoms with Crippen LogP contribution < -0.4 is 0 Å². The Balaban J connectivity index is 1.78. The van der Waals surface area contributed by atoms with E-state index in [1.54, 1.807) is 34.2 Å². The van der Waals surface area contributed by atoms with E-state index in [0.29, 0.717) is 44.6 Å². The third-order valence-corrected chi connectivity index (χ3v) is 5.47. The van der Waals surface area contributed by atoms with Gasteiger partial charge in [0.1, 0.15) is 11.2 Å². The van der Waals surface area contributed by atoms with Crippen LogP contribution in [0.4, 0.5) is 4.79 Å². The van der Waals surface area contributed by atoms with Gasteiger partial charge in [-0.2, -0.15) is 0 Å². The Morgan fingerprint density at radius 1 is 1.25 bits per heavy atom. The van der Waals surface area contributed by atoms with Crippen LogP contribution in [0.3, 0.4) is 0 Å². The van der Waals surface area contributed by atoms with Crippen LogP contribution in [0.15, 0.2) is 24.4 Å². The van der Waals surface area contributed by atoms with Crippen molar-refractivity contribution in [2.24, 2.45) is 5.92 Å². The van der Waals surface area contributed by atoms with E-state index in [0.717, 1.165) is 0 Å². The number of aliphatic hydroxyl groups is 1. The normalized spacial score (nSPS) is 19.2. The van der Waals surface area contributed by atoms with Gasteiger partial charge in [0.05, 0.1) is 0 Å². The lowest BCUT2D eigenvalue weighted by Gasteiger charge is -2.42. The summed E-state index contributed by atoms with van der Waals surface area (Å²) < 4.78 is 0. The lowest BCUT2D eigenvalue weighted by molar-refractivity contribution is -0.135. The summed E-state index contributed by atoms with van der Waals surface area (Å²) >= 11 is 0. The molecule has 2 aliphatic heterocycles. The molecule has 8 nitrogen and oxygen atoms in total. The maximum absolute atomic E-state index is 13.2. The first-order valence-corrected chi connectivity index (χ1v) is 9.85. The van der Waals surface area contributed by atoms with Crippen LogP contribution in [-0.2, 0) is 4.79 Å². The molecule has 1 N–H and O–H groups in total. The van der Waals surface area contributed by atoms with Gasteiger partial charge in [-0.3, -0.25) is 19.5 Å². The zero-order chi connectivity index (χ0) is 20.3. The second kappa shape index (κ2) is 8.26. The molecule has 0 radical (unpaired) electrons. The Hall–Kier alpha value is -2.48. The number of carbonyl (C=O) groups excluding carboxylic acids is 3. The minimum atomic E-state index is -0.891. The number of likely N-dealkylation sites (tertiary alicyclic amines) is 1. The average molecular weight is 388 g/mol. The summed E-state index contributed by atoms with van der Waals surface area (Å²) in [6.45, 7) is 5.48. The number of aromatic nitrogens is 1. The van der Waals surface area contributed by atoms with Gasteiger partial charge in [0.15, 0.2) is 0 Å². The zero-order valence-corrected chi connectivity index (χ0v) is 16.5. The molecule has 2 aliphatic rings. The van der Waals surface area contributed by atoms with Gasteiger partial charge in [0.2, 0.25) is 0 Å². The monoisotopic (exact) mass is 388 g/mol. The summed E-state index contributed by atoms with van der Waals surface area (Å²) in [6.07, 6.45) is 2.78. The van der Waals surface area contributed by atoms with Crippen LogP contribution >= 0.6 is 0 Å². The minimum Gasteiger partial charge on any atom is -0.396 e. The molecule has 1 aromatic heterocycles. The highest BCUT2D eigenvalue weighted by molar-refractivity contribution is 6.07. The molecule has 28 heavy (non-hydrogen) atoms. The SMILES string of the molecule is CC(C)CN1C(=O)N(CCCO)C(=O)C12CCN(C(=O)c1ccccn1)CC2. The average Bonchev–Trinajstić information content (AvgIpc) is 2.88. The molecule has 0 aromatic carbocycles. The van der Waals surface area contributed by atoms with E-state index in [1.807, 2.05) is 13.8 Å². The zero-order valence-electron chi connectivity index (χ0n) is 16.5. The lowest BCUT2D eigenvalue weighted by Crippen LogP contribution is -2.58. The van der Waals surface area contributed by atoms with Crippen LogP contribution in [-0.4, -0.2) is 81.0 Å². The van der Waals surface area contributed by atoms with Crippen LogP contribution in [0.2, 0.25) is 0 Å². The number of nitrogens with zero attached hydrogens (tertiary/aromatic N) is 4. The second-order valence-electron chi connectivity index (χ2n) is 7.86. The Morgan fingerprint density at radius 2 is 1.96 bits per heavy atom. The number of amides is 4. The van der Waals surface area contributed by atoms with Crippen LogP contribution in [0, 0.1) is 5.92 Å². The number of hydrogen-bond donors (Lipinski definition) is 1. The van der Waals surface area contributed by atoms with E-state index in [2.05, 4.69) is 4.98 Å². The molecular weight excluding hydrogens is 360 g/mol. The summed E-state index contributed by atoms with van der Waals surface area (Å²) in [7, 11) is 0. The maximum atomic E-state index is 13.2. The standard InChI is InChI=1S/C20H28N4O4/c1-15(2)14-24-19(28)23(10-5-13-25)18(27)20(24)7-11-22(12-8-20)17(26)16-6-3-4-9-21-16/h3-4,6,9,15,25H,5,7-8,10-14H2,1-2H3. The fourth-order valence-electron chi connectivity index (χ4n) is 4.04. The van der Waals surface area contributed by atoms with Crippen LogP contribution in [0.1, 0.15) is 43.6 Å². The van der Waals surface area contributed by atoms with Crippen molar-refractivity contribution in [2.45, 2.75) is 38.6 Å². The van der Waals surface area contributed by atoms with Gasteiger partial charge < -0.3 is 14.9 Å². The molecule has 2 saturated heterocycles. The van der Waals surface area contributed by atoms with Gasteiger partial charge in [0.25, 0.3) is 11.8 Å². The fourth-order valence-corrected chi connectivity index (χ4v) is 4.04. The Bertz CT molecular complexity index is 729. The quantitative estimate of drug-likeness (QED) is 0.743. The minimum absolute atomic E-state index is 0.0689. The smallest absolute Gasteiger partial charge is 0.327 e. The van der Waals surface area contributed by atoms with Crippen molar-refractivity contribution in [3.05, 3.63) is 30.1 Å². The van der Waals surface area contributed by atoms with Crippen molar-refractivity contribution in [3.8, 4) is 0 Å².